The molecule has 0 aromatic heterocycles. The standard InChI is InChI=1S/C14H25NO4/c1-3-4-5-14(17)9-13-8-12(6-7-15(13)18)10-19-11(2)16/h7,12-14,17H,3-6,8-10H2,1-2H3/t12-,13-,14-/m1/s1. The highest BCUT2D eigenvalue weighted by molar-refractivity contribution is 5.65. The van der Waals surface area contributed by atoms with Gasteiger partial charge in [0.15, 0.2) is 12.3 Å². The molecule has 1 rings (SSSR count). The number of hydrogen-bond acceptors (Lipinski definition) is 4. The Hall–Kier alpha value is -1.10. The Balaban J connectivity index is 2.41. The second-order valence-corrected chi connectivity index (χ2v) is 5.37. The van der Waals surface area contributed by atoms with Crippen LogP contribution in [0.25, 0.3) is 0 Å². The summed E-state index contributed by atoms with van der Waals surface area (Å²) in [6.07, 6.45) is 5.77. The monoisotopic (exact) mass is 271 g/mol. The molecule has 0 radical (unpaired) electrons. The number of ether oxygens (including phenoxy) is 1. The van der Waals surface area contributed by atoms with E-state index in [2.05, 4.69) is 6.92 Å². The van der Waals surface area contributed by atoms with Crippen molar-refractivity contribution in [3.05, 3.63) is 5.21 Å². The van der Waals surface area contributed by atoms with Gasteiger partial charge in [-0.15, -0.1) is 0 Å². The lowest BCUT2D eigenvalue weighted by molar-refractivity contribution is -0.508. The van der Waals surface area contributed by atoms with Crippen molar-refractivity contribution in [1.29, 1.82) is 0 Å². The van der Waals surface area contributed by atoms with Crippen molar-refractivity contribution >= 4 is 12.2 Å². The molecule has 0 aromatic carbocycles. The molecule has 0 saturated heterocycles. The second kappa shape index (κ2) is 8.15. The maximum absolute atomic E-state index is 11.7. The van der Waals surface area contributed by atoms with Crippen LogP contribution < -0.4 is 0 Å². The first-order chi connectivity index (χ1) is 9.02. The molecule has 0 aromatic rings. The maximum atomic E-state index is 11.7. The lowest BCUT2D eigenvalue weighted by Crippen LogP contribution is -2.35. The summed E-state index contributed by atoms with van der Waals surface area (Å²) in [5.41, 5.74) is 0. The Labute approximate surface area is 114 Å². The van der Waals surface area contributed by atoms with E-state index in [1.54, 1.807) is 6.21 Å². The summed E-state index contributed by atoms with van der Waals surface area (Å²) in [7, 11) is 0. The zero-order valence-corrected chi connectivity index (χ0v) is 11.9. The van der Waals surface area contributed by atoms with Crippen LogP contribution in [0.5, 0.6) is 0 Å². The maximum Gasteiger partial charge on any atom is 0.302 e. The molecule has 0 unspecified atom stereocenters. The second-order valence-electron chi connectivity index (χ2n) is 5.37. The van der Waals surface area contributed by atoms with E-state index in [-0.39, 0.29) is 17.9 Å². The van der Waals surface area contributed by atoms with Crippen molar-refractivity contribution < 1.29 is 19.4 Å². The van der Waals surface area contributed by atoms with Crippen LogP contribution in [0.15, 0.2) is 0 Å². The summed E-state index contributed by atoms with van der Waals surface area (Å²) in [6, 6.07) is -0.193. The topological polar surface area (TPSA) is 72.6 Å². The minimum absolute atomic E-state index is 0.192. The summed E-state index contributed by atoms with van der Waals surface area (Å²) in [4.78, 5) is 10.8. The van der Waals surface area contributed by atoms with Crippen molar-refractivity contribution in [2.75, 3.05) is 6.61 Å². The number of rotatable bonds is 7. The van der Waals surface area contributed by atoms with Crippen LogP contribution in [0.3, 0.4) is 0 Å². The van der Waals surface area contributed by atoms with Crippen LogP contribution in [0.2, 0.25) is 0 Å². The Morgan fingerprint density at radius 1 is 1.63 bits per heavy atom. The van der Waals surface area contributed by atoms with Gasteiger partial charge in [-0.25, -0.2) is 4.74 Å². The van der Waals surface area contributed by atoms with Crippen LogP contribution in [0.4, 0.5) is 0 Å². The number of aliphatic hydroxyl groups excluding tert-OH is 1. The van der Waals surface area contributed by atoms with Gasteiger partial charge in [-0.2, -0.15) is 0 Å². The Morgan fingerprint density at radius 3 is 3.00 bits per heavy atom. The van der Waals surface area contributed by atoms with Gasteiger partial charge < -0.3 is 15.1 Å². The molecule has 0 fully saturated rings. The molecule has 0 spiro atoms. The molecule has 1 aliphatic rings. The molecule has 1 heterocycles. The number of esters is 1. The highest BCUT2D eigenvalue weighted by Crippen LogP contribution is 2.22. The van der Waals surface area contributed by atoms with Crippen molar-refractivity contribution in [3.8, 4) is 0 Å². The fourth-order valence-corrected chi connectivity index (χ4v) is 2.43. The molecule has 0 saturated carbocycles. The van der Waals surface area contributed by atoms with Crippen LogP contribution in [0.1, 0.15) is 52.4 Å². The van der Waals surface area contributed by atoms with Crippen molar-refractivity contribution in [2.24, 2.45) is 5.92 Å². The first kappa shape index (κ1) is 16.0. The fraction of sp³-hybridized carbons (Fsp3) is 0.857. The van der Waals surface area contributed by atoms with Gasteiger partial charge in [0.25, 0.3) is 0 Å². The number of carbonyl (C=O) groups is 1. The Bertz CT molecular complexity index is 317. The quantitative estimate of drug-likeness (QED) is 0.436. The molecule has 0 aliphatic carbocycles. The molecule has 19 heavy (non-hydrogen) atoms. The lowest BCUT2D eigenvalue weighted by atomic mass is 9.91. The van der Waals surface area contributed by atoms with Gasteiger partial charge >= 0.3 is 5.97 Å². The van der Waals surface area contributed by atoms with Crippen molar-refractivity contribution in [1.82, 2.24) is 0 Å². The largest absolute Gasteiger partial charge is 0.624 e. The van der Waals surface area contributed by atoms with E-state index in [9.17, 15) is 15.1 Å². The van der Waals surface area contributed by atoms with Crippen molar-refractivity contribution in [3.63, 3.8) is 0 Å². The molecule has 1 N–H and O–H groups in total. The highest BCUT2D eigenvalue weighted by Gasteiger charge is 2.29. The van der Waals surface area contributed by atoms with E-state index in [4.69, 9.17) is 4.74 Å². The third kappa shape index (κ3) is 6.05. The van der Waals surface area contributed by atoms with E-state index in [1.165, 1.54) is 6.92 Å². The Kier molecular flexibility index (Phi) is 6.84. The summed E-state index contributed by atoms with van der Waals surface area (Å²) in [6.45, 7) is 3.83. The predicted octanol–water partition coefficient (Wildman–Crippen LogP) is 1.85. The number of hydroxylamine groups is 1. The summed E-state index contributed by atoms with van der Waals surface area (Å²) < 4.78 is 5.95. The first-order valence-corrected chi connectivity index (χ1v) is 7.13. The normalized spacial score (nSPS) is 24.7. The molecular weight excluding hydrogens is 246 g/mol. The molecule has 3 atom stereocenters. The van der Waals surface area contributed by atoms with Gasteiger partial charge in [0.1, 0.15) is 0 Å². The molecular formula is C14H25NO4. The van der Waals surface area contributed by atoms with E-state index < -0.39 is 6.10 Å². The first-order valence-electron chi connectivity index (χ1n) is 7.13. The van der Waals surface area contributed by atoms with Gasteiger partial charge in [0.05, 0.1) is 12.7 Å². The molecule has 0 bridgehead atoms. The minimum atomic E-state index is -0.415. The van der Waals surface area contributed by atoms with Gasteiger partial charge in [0, 0.05) is 32.1 Å². The fourth-order valence-electron chi connectivity index (χ4n) is 2.43. The number of aliphatic hydroxyl groups is 1. The third-order valence-corrected chi connectivity index (χ3v) is 3.54. The molecule has 0 amide bonds. The van der Waals surface area contributed by atoms with E-state index in [1.807, 2.05) is 0 Å². The molecule has 5 nitrogen and oxygen atoms in total. The zero-order chi connectivity index (χ0) is 14.3. The van der Waals surface area contributed by atoms with Crippen molar-refractivity contribution in [2.45, 2.75) is 64.5 Å². The van der Waals surface area contributed by atoms with E-state index in [0.717, 1.165) is 24.0 Å². The minimum Gasteiger partial charge on any atom is -0.624 e. The lowest BCUT2D eigenvalue weighted by Gasteiger charge is -2.27. The average Bonchev–Trinajstić information content (AvgIpc) is 2.37. The third-order valence-electron chi connectivity index (χ3n) is 3.54. The van der Waals surface area contributed by atoms with Gasteiger partial charge in [-0.05, 0) is 6.42 Å². The molecule has 5 heteroatoms. The van der Waals surface area contributed by atoms with Crippen LogP contribution in [-0.4, -0.2) is 40.8 Å². The van der Waals surface area contributed by atoms with E-state index in [0.29, 0.717) is 25.9 Å². The summed E-state index contributed by atoms with van der Waals surface area (Å²) in [5.74, 6) is -0.0958. The van der Waals surface area contributed by atoms with Gasteiger partial charge in [-0.1, -0.05) is 19.8 Å². The number of nitrogens with zero attached hydrogens (tertiary/aromatic N) is 1. The molecule has 110 valence electrons. The van der Waals surface area contributed by atoms with Gasteiger partial charge in [0.2, 0.25) is 0 Å². The smallest absolute Gasteiger partial charge is 0.302 e. The SMILES string of the molecule is CCCC[C@@H](O)C[C@H]1C[C@H](COC(C)=O)CC=[N+]1[O-]. The van der Waals surface area contributed by atoms with E-state index >= 15 is 0 Å². The van der Waals surface area contributed by atoms with Crippen LogP contribution in [-0.2, 0) is 9.53 Å². The number of unbranched alkanes of at least 4 members (excludes halogenated alkanes) is 1. The zero-order valence-electron chi connectivity index (χ0n) is 11.9. The summed E-state index contributed by atoms with van der Waals surface area (Å²) >= 11 is 0. The average molecular weight is 271 g/mol. The van der Waals surface area contributed by atoms with Crippen LogP contribution >= 0.6 is 0 Å². The Morgan fingerprint density at radius 2 is 2.37 bits per heavy atom. The predicted molar refractivity (Wildman–Crippen MR) is 73.0 cm³/mol. The molecule has 1 aliphatic heterocycles. The number of hydrogen-bond donors (Lipinski definition) is 1. The van der Waals surface area contributed by atoms with Gasteiger partial charge in [-0.3, -0.25) is 4.79 Å². The number of carbonyl (C=O) groups excluding carboxylic acids is 1. The van der Waals surface area contributed by atoms with Crippen LogP contribution in [0, 0.1) is 11.1 Å². The summed E-state index contributed by atoms with van der Waals surface area (Å²) in [5, 5.41) is 21.6. The highest BCUT2D eigenvalue weighted by atomic mass is 16.5.